The number of pyridine rings is 1. The molecule has 8 heteroatoms. The number of aromatic nitrogens is 1. The van der Waals surface area contributed by atoms with Gasteiger partial charge < -0.3 is 15.1 Å². The Hall–Kier alpha value is -2.93. The van der Waals surface area contributed by atoms with Gasteiger partial charge in [0.2, 0.25) is 11.8 Å². The fourth-order valence-corrected chi connectivity index (χ4v) is 4.54. The molecule has 2 aliphatic rings. The van der Waals surface area contributed by atoms with E-state index in [1.807, 2.05) is 18.2 Å². The molecule has 0 spiro atoms. The lowest BCUT2D eigenvalue weighted by Crippen LogP contribution is -2.52. The zero-order valence-electron chi connectivity index (χ0n) is 17.2. The van der Waals surface area contributed by atoms with Crippen LogP contribution in [0.1, 0.15) is 41.7 Å². The molecular formula is C23H25ClN4O3. The zero-order chi connectivity index (χ0) is 21.8. The normalized spacial score (nSPS) is 20.7. The molecule has 2 saturated heterocycles. The summed E-state index contributed by atoms with van der Waals surface area (Å²) in [7, 11) is 0. The van der Waals surface area contributed by atoms with Crippen molar-refractivity contribution in [2.75, 3.05) is 13.1 Å². The van der Waals surface area contributed by atoms with Crippen LogP contribution in [0.3, 0.4) is 0 Å². The number of rotatable bonds is 5. The first kappa shape index (κ1) is 21.3. The topological polar surface area (TPSA) is 82.6 Å². The van der Waals surface area contributed by atoms with Crippen molar-refractivity contribution in [1.82, 2.24) is 20.1 Å². The highest BCUT2D eigenvalue weighted by Crippen LogP contribution is 2.27. The van der Waals surface area contributed by atoms with Crippen molar-refractivity contribution in [2.24, 2.45) is 0 Å². The predicted molar refractivity (Wildman–Crippen MR) is 116 cm³/mol. The van der Waals surface area contributed by atoms with Crippen molar-refractivity contribution in [3.63, 3.8) is 0 Å². The standard InChI is InChI=1S/C23H25ClN4O3/c24-17-7-3-6-16(14-17)22(30)28-13-5-10-20(28)23(31)27-12-4-9-19(27)21(29)26-15-18-8-1-2-11-25-18/h1-3,6-8,11,14,19-20H,4-5,9-10,12-13,15H2,(H,26,29)/t19-,20-/m0/s1. The fourth-order valence-electron chi connectivity index (χ4n) is 4.35. The highest BCUT2D eigenvalue weighted by molar-refractivity contribution is 6.31. The Kier molecular flexibility index (Phi) is 6.51. The molecule has 3 heterocycles. The molecule has 0 saturated carbocycles. The number of halogens is 1. The van der Waals surface area contributed by atoms with E-state index in [-0.39, 0.29) is 17.7 Å². The molecule has 2 aromatic rings. The SMILES string of the molecule is O=C(NCc1ccccn1)[C@@H]1CCCN1C(=O)[C@@H]1CCCN1C(=O)c1cccc(Cl)c1. The fraction of sp³-hybridized carbons (Fsp3) is 0.391. The molecule has 2 aliphatic heterocycles. The third-order valence-electron chi connectivity index (χ3n) is 5.88. The molecule has 3 amide bonds. The Balaban J connectivity index is 1.43. The highest BCUT2D eigenvalue weighted by Gasteiger charge is 2.42. The number of amides is 3. The van der Waals surface area contributed by atoms with Crippen molar-refractivity contribution >= 4 is 29.3 Å². The van der Waals surface area contributed by atoms with Gasteiger partial charge in [-0.25, -0.2) is 0 Å². The van der Waals surface area contributed by atoms with Crippen LogP contribution in [-0.4, -0.2) is 57.7 Å². The molecular weight excluding hydrogens is 416 g/mol. The van der Waals surface area contributed by atoms with Crippen LogP contribution in [0, 0.1) is 0 Å². The smallest absolute Gasteiger partial charge is 0.254 e. The number of hydrogen-bond acceptors (Lipinski definition) is 4. The lowest BCUT2D eigenvalue weighted by molar-refractivity contribution is -0.141. The molecule has 31 heavy (non-hydrogen) atoms. The van der Waals surface area contributed by atoms with Gasteiger partial charge in [-0.15, -0.1) is 0 Å². The second kappa shape index (κ2) is 9.47. The van der Waals surface area contributed by atoms with E-state index in [4.69, 9.17) is 11.6 Å². The van der Waals surface area contributed by atoms with Gasteiger partial charge in [0.15, 0.2) is 0 Å². The summed E-state index contributed by atoms with van der Waals surface area (Å²) in [6.07, 6.45) is 4.42. The molecule has 1 aromatic carbocycles. The van der Waals surface area contributed by atoms with Gasteiger partial charge in [0.25, 0.3) is 5.91 Å². The van der Waals surface area contributed by atoms with E-state index < -0.39 is 12.1 Å². The Labute approximate surface area is 186 Å². The van der Waals surface area contributed by atoms with Crippen LogP contribution in [0.5, 0.6) is 0 Å². The summed E-state index contributed by atoms with van der Waals surface area (Å²) in [4.78, 5) is 46.6. The summed E-state index contributed by atoms with van der Waals surface area (Å²) in [6, 6.07) is 11.2. The van der Waals surface area contributed by atoms with E-state index in [9.17, 15) is 14.4 Å². The van der Waals surface area contributed by atoms with E-state index in [2.05, 4.69) is 10.3 Å². The van der Waals surface area contributed by atoms with Crippen molar-refractivity contribution in [1.29, 1.82) is 0 Å². The van der Waals surface area contributed by atoms with Crippen molar-refractivity contribution in [3.05, 3.63) is 64.9 Å². The van der Waals surface area contributed by atoms with Crippen LogP contribution in [0.25, 0.3) is 0 Å². The van der Waals surface area contributed by atoms with Gasteiger partial charge in [-0.3, -0.25) is 19.4 Å². The first-order chi connectivity index (χ1) is 15.0. The monoisotopic (exact) mass is 440 g/mol. The summed E-state index contributed by atoms with van der Waals surface area (Å²) < 4.78 is 0. The van der Waals surface area contributed by atoms with Crippen LogP contribution in [-0.2, 0) is 16.1 Å². The number of hydrogen-bond donors (Lipinski definition) is 1. The van der Waals surface area contributed by atoms with Crippen LogP contribution in [0.2, 0.25) is 5.02 Å². The third kappa shape index (κ3) is 4.71. The van der Waals surface area contributed by atoms with Crippen LogP contribution < -0.4 is 5.32 Å². The number of likely N-dealkylation sites (tertiary alicyclic amines) is 2. The molecule has 2 fully saturated rings. The second-order valence-corrected chi connectivity index (χ2v) is 8.33. The van der Waals surface area contributed by atoms with Gasteiger partial charge in [0.1, 0.15) is 12.1 Å². The van der Waals surface area contributed by atoms with Crippen molar-refractivity contribution < 1.29 is 14.4 Å². The average molecular weight is 441 g/mol. The summed E-state index contributed by atoms with van der Waals surface area (Å²) in [5, 5.41) is 3.38. The molecule has 0 bridgehead atoms. The van der Waals surface area contributed by atoms with Crippen LogP contribution in [0.15, 0.2) is 48.7 Å². The lowest BCUT2D eigenvalue weighted by Gasteiger charge is -2.31. The van der Waals surface area contributed by atoms with Crippen LogP contribution in [0.4, 0.5) is 0 Å². The minimum atomic E-state index is -0.546. The lowest BCUT2D eigenvalue weighted by atomic mass is 10.1. The first-order valence-electron chi connectivity index (χ1n) is 10.6. The molecule has 4 rings (SSSR count). The molecule has 0 unspecified atom stereocenters. The Morgan fingerprint density at radius 1 is 1.00 bits per heavy atom. The molecule has 2 atom stereocenters. The molecule has 0 aliphatic carbocycles. The van der Waals surface area contributed by atoms with E-state index in [1.165, 1.54) is 0 Å². The number of benzene rings is 1. The summed E-state index contributed by atoms with van der Waals surface area (Å²) in [5.74, 6) is -0.528. The van der Waals surface area contributed by atoms with Crippen molar-refractivity contribution in [3.8, 4) is 0 Å². The summed E-state index contributed by atoms with van der Waals surface area (Å²) >= 11 is 6.03. The number of carbonyl (C=O) groups is 3. The zero-order valence-corrected chi connectivity index (χ0v) is 17.9. The molecule has 162 valence electrons. The number of nitrogens with one attached hydrogen (secondary N) is 1. The Morgan fingerprint density at radius 2 is 1.77 bits per heavy atom. The second-order valence-electron chi connectivity index (χ2n) is 7.90. The average Bonchev–Trinajstić information content (AvgIpc) is 3.47. The van der Waals surface area contributed by atoms with E-state index >= 15 is 0 Å². The van der Waals surface area contributed by atoms with Gasteiger partial charge in [-0.1, -0.05) is 23.7 Å². The minimum Gasteiger partial charge on any atom is -0.349 e. The van der Waals surface area contributed by atoms with Gasteiger partial charge in [-0.05, 0) is 56.0 Å². The molecule has 7 nitrogen and oxygen atoms in total. The third-order valence-corrected chi connectivity index (χ3v) is 6.11. The first-order valence-corrected chi connectivity index (χ1v) is 11.0. The maximum absolute atomic E-state index is 13.4. The number of carbonyl (C=O) groups excluding carboxylic acids is 3. The van der Waals surface area contributed by atoms with E-state index in [0.29, 0.717) is 43.1 Å². The predicted octanol–water partition coefficient (Wildman–Crippen LogP) is 2.65. The maximum atomic E-state index is 13.4. The van der Waals surface area contributed by atoms with E-state index in [0.717, 1.165) is 18.5 Å². The van der Waals surface area contributed by atoms with Gasteiger partial charge >= 0.3 is 0 Å². The number of nitrogens with zero attached hydrogens (tertiary/aromatic N) is 3. The van der Waals surface area contributed by atoms with Gasteiger partial charge in [-0.2, -0.15) is 0 Å². The minimum absolute atomic E-state index is 0.150. The molecule has 1 aromatic heterocycles. The quantitative estimate of drug-likeness (QED) is 0.774. The highest BCUT2D eigenvalue weighted by atomic mass is 35.5. The summed E-state index contributed by atoms with van der Waals surface area (Å²) in [5.41, 5.74) is 1.24. The van der Waals surface area contributed by atoms with Crippen LogP contribution >= 0.6 is 11.6 Å². The van der Waals surface area contributed by atoms with Gasteiger partial charge in [0, 0.05) is 29.9 Å². The van der Waals surface area contributed by atoms with E-state index in [1.54, 1.807) is 40.3 Å². The molecule has 1 N–H and O–H groups in total. The summed E-state index contributed by atoms with van der Waals surface area (Å²) in [6.45, 7) is 1.36. The Morgan fingerprint density at radius 3 is 2.52 bits per heavy atom. The maximum Gasteiger partial charge on any atom is 0.254 e. The molecule has 0 radical (unpaired) electrons. The van der Waals surface area contributed by atoms with Crippen molar-refractivity contribution in [2.45, 2.75) is 44.3 Å². The largest absolute Gasteiger partial charge is 0.349 e. The Bertz CT molecular complexity index is 968. The van der Waals surface area contributed by atoms with Gasteiger partial charge in [0.05, 0.1) is 12.2 Å².